The van der Waals surface area contributed by atoms with E-state index in [0.29, 0.717) is 5.92 Å². The van der Waals surface area contributed by atoms with E-state index in [1.165, 1.54) is 0 Å². The molecule has 2 fully saturated rings. The molecular formula is C7H13N2O. The molecule has 57 valence electrons. The summed E-state index contributed by atoms with van der Waals surface area (Å²) in [5.74, 6) is 0.501. The number of hydrogen-bond donors (Lipinski definition) is 1. The highest BCUT2D eigenvalue weighted by atomic mass is 16.5. The van der Waals surface area contributed by atoms with Crippen LogP contribution < -0.4 is 11.1 Å². The Balaban J connectivity index is 2.10. The molecule has 2 aliphatic heterocycles. The SMILES string of the molecule is N[C@@]12CCOC[C@H]1C[N]C2. The van der Waals surface area contributed by atoms with Gasteiger partial charge in [-0.25, -0.2) is 5.32 Å². The minimum Gasteiger partial charge on any atom is -0.381 e. The minimum absolute atomic E-state index is 0.00174. The van der Waals surface area contributed by atoms with Crippen LogP contribution >= 0.6 is 0 Å². The van der Waals surface area contributed by atoms with Gasteiger partial charge in [0.05, 0.1) is 6.61 Å². The molecular weight excluding hydrogens is 128 g/mol. The zero-order valence-electron chi connectivity index (χ0n) is 6.05. The Morgan fingerprint density at radius 2 is 2.50 bits per heavy atom. The van der Waals surface area contributed by atoms with Gasteiger partial charge in [0, 0.05) is 31.2 Å². The molecule has 3 nitrogen and oxygen atoms in total. The molecule has 0 spiro atoms. The fourth-order valence-electron chi connectivity index (χ4n) is 1.73. The predicted octanol–water partition coefficient (Wildman–Crippen LogP) is -0.662. The molecule has 0 aromatic rings. The van der Waals surface area contributed by atoms with Crippen molar-refractivity contribution < 1.29 is 4.74 Å². The lowest BCUT2D eigenvalue weighted by molar-refractivity contribution is 0.0241. The van der Waals surface area contributed by atoms with Crippen molar-refractivity contribution in [3.05, 3.63) is 0 Å². The van der Waals surface area contributed by atoms with Gasteiger partial charge in [-0.1, -0.05) is 0 Å². The average Bonchev–Trinajstić information content (AvgIpc) is 2.29. The zero-order valence-corrected chi connectivity index (χ0v) is 6.05. The second-order valence-corrected chi connectivity index (χ2v) is 3.32. The highest BCUT2D eigenvalue weighted by Crippen LogP contribution is 2.27. The first-order valence-electron chi connectivity index (χ1n) is 3.81. The van der Waals surface area contributed by atoms with Crippen LogP contribution in [0.3, 0.4) is 0 Å². The Labute approximate surface area is 60.9 Å². The molecule has 0 unspecified atom stereocenters. The fourth-order valence-corrected chi connectivity index (χ4v) is 1.73. The van der Waals surface area contributed by atoms with Gasteiger partial charge in [-0.2, -0.15) is 0 Å². The van der Waals surface area contributed by atoms with Gasteiger partial charge < -0.3 is 10.5 Å². The third-order valence-electron chi connectivity index (χ3n) is 2.60. The van der Waals surface area contributed by atoms with Crippen molar-refractivity contribution in [2.45, 2.75) is 12.0 Å². The maximum Gasteiger partial charge on any atom is 0.0525 e. The number of nitrogens with two attached hydrogens (primary N) is 1. The van der Waals surface area contributed by atoms with E-state index in [4.69, 9.17) is 10.5 Å². The smallest absolute Gasteiger partial charge is 0.0525 e. The lowest BCUT2D eigenvalue weighted by Crippen LogP contribution is -2.52. The highest BCUT2D eigenvalue weighted by Gasteiger charge is 2.42. The lowest BCUT2D eigenvalue weighted by Gasteiger charge is -2.34. The average molecular weight is 141 g/mol. The molecule has 2 N–H and O–H groups in total. The molecule has 2 saturated heterocycles. The van der Waals surface area contributed by atoms with Gasteiger partial charge in [-0.15, -0.1) is 0 Å². The summed E-state index contributed by atoms with van der Waals surface area (Å²) in [7, 11) is 0. The van der Waals surface area contributed by atoms with Crippen LogP contribution in [0.5, 0.6) is 0 Å². The molecule has 0 aliphatic carbocycles. The molecule has 3 heteroatoms. The Bertz CT molecular complexity index is 140. The first-order valence-corrected chi connectivity index (χ1v) is 3.81. The molecule has 2 atom stereocenters. The van der Waals surface area contributed by atoms with E-state index in [1.54, 1.807) is 0 Å². The largest absolute Gasteiger partial charge is 0.381 e. The Hall–Kier alpha value is -0.120. The number of nitrogens with zero attached hydrogens (tertiary/aromatic N) is 1. The van der Waals surface area contributed by atoms with E-state index in [2.05, 4.69) is 5.32 Å². The van der Waals surface area contributed by atoms with Crippen molar-refractivity contribution in [1.82, 2.24) is 5.32 Å². The van der Waals surface area contributed by atoms with Gasteiger partial charge in [0.2, 0.25) is 0 Å². The topological polar surface area (TPSA) is 49.4 Å². The fraction of sp³-hybridized carbons (Fsp3) is 1.00. The van der Waals surface area contributed by atoms with Crippen molar-refractivity contribution in [3.8, 4) is 0 Å². The zero-order chi connectivity index (χ0) is 7.03. The molecule has 2 aliphatic rings. The molecule has 0 saturated carbocycles. The van der Waals surface area contributed by atoms with Gasteiger partial charge >= 0.3 is 0 Å². The Kier molecular flexibility index (Phi) is 1.44. The van der Waals surface area contributed by atoms with Crippen LogP contribution in [0, 0.1) is 5.92 Å². The lowest BCUT2D eigenvalue weighted by atomic mass is 9.84. The van der Waals surface area contributed by atoms with Gasteiger partial charge in [-0.3, -0.25) is 0 Å². The van der Waals surface area contributed by atoms with Gasteiger partial charge in [0.1, 0.15) is 0 Å². The summed E-state index contributed by atoms with van der Waals surface area (Å²) in [5.41, 5.74) is 6.09. The summed E-state index contributed by atoms with van der Waals surface area (Å²) in [4.78, 5) is 0. The van der Waals surface area contributed by atoms with E-state index in [-0.39, 0.29) is 5.54 Å². The van der Waals surface area contributed by atoms with Crippen LogP contribution in [0.2, 0.25) is 0 Å². The maximum absolute atomic E-state index is 6.09. The quantitative estimate of drug-likeness (QED) is 0.487. The second kappa shape index (κ2) is 2.19. The number of hydrogen-bond acceptors (Lipinski definition) is 2. The summed E-state index contributed by atoms with van der Waals surface area (Å²) in [6, 6.07) is 0. The molecule has 10 heavy (non-hydrogen) atoms. The van der Waals surface area contributed by atoms with Crippen LogP contribution in [0.4, 0.5) is 0 Å². The summed E-state index contributed by atoms with van der Waals surface area (Å²) < 4.78 is 5.31. The molecule has 0 bridgehead atoms. The molecule has 1 radical (unpaired) electrons. The van der Waals surface area contributed by atoms with E-state index in [1.807, 2.05) is 0 Å². The molecule has 0 amide bonds. The summed E-state index contributed by atoms with van der Waals surface area (Å²) in [6.07, 6.45) is 0.987. The highest BCUT2D eigenvalue weighted by molar-refractivity contribution is 5.00. The third kappa shape index (κ3) is 0.856. The minimum atomic E-state index is -0.00174. The standard InChI is InChI=1S/C7H13N2O/c8-7-1-2-10-4-6(7)3-9-5-7/h6H,1-5,8H2/t6-,7-/m1/s1. The second-order valence-electron chi connectivity index (χ2n) is 3.32. The molecule has 2 rings (SSSR count). The van der Waals surface area contributed by atoms with E-state index in [0.717, 1.165) is 32.7 Å². The van der Waals surface area contributed by atoms with Gasteiger partial charge in [0.25, 0.3) is 0 Å². The van der Waals surface area contributed by atoms with Crippen molar-refractivity contribution in [1.29, 1.82) is 0 Å². The molecule has 2 heterocycles. The predicted molar refractivity (Wildman–Crippen MR) is 37.7 cm³/mol. The number of fused-ring (bicyclic) bond motifs is 1. The first kappa shape index (κ1) is 6.58. The molecule has 0 aromatic carbocycles. The van der Waals surface area contributed by atoms with Crippen molar-refractivity contribution in [2.24, 2.45) is 11.7 Å². The Morgan fingerprint density at radius 3 is 3.30 bits per heavy atom. The van der Waals surface area contributed by atoms with Gasteiger partial charge in [-0.05, 0) is 6.42 Å². The monoisotopic (exact) mass is 141 g/mol. The van der Waals surface area contributed by atoms with E-state index < -0.39 is 0 Å². The van der Waals surface area contributed by atoms with Crippen LogP contribution in [0.25, 0.3) is 0 Å². The maximum atomic E-state index is 6.09. The first-order chi connectivity index (χ1) is 4.81. The molecule has 0 aromatic heterocycles. The van der Waals surface area contributed by atoms with E-state index >= 15 is 0 Å². The normalized spacial score (nSPS) is 47.1. The number of ether oxygens (including phenoxy) is 1. The van der Waals surface area contributed by atoms with Crippen molar-refractivity contribution in [2.75, 3.05) is 26.3 Å². The third-order valence-corrected chi connectivity index (χ3v) is 2.60. The van der Waals surface area contributed by atoms with E-state index in [9.17, 15) is 0 Å². The van der Waals surface area contributed by atoms with Crippen LogP contribution in [-0.4, -0.2) is 31.8 Å². The summed E-state index contributed by atoms with van der Waals surface area (Å²) in [6.45, 7) is 3.40. The van der Waals surface area contributed by atoms with Gasteiger partial charge in [0.15, 0.2) is 0 Å². The van der Waals surface area contributed by atoms with Crippen molar-refractivity contribution in [3.63, 3.8) is 0 Å². The van der Waals surface area contributed by atoms with Crippen LogP contribution in [0.1, 0.15) is 6.42 Å². The summed E-state index contributed by atoms with van der Waals surface area (Å²) >= 11 is 0. The van der Waals surface area contributed by atoms with Crippen molar-refractivity contribution >= 4 is 0 Å². The Morgan fingerprint density at radius 1 is 1.60 bits per heavy atom. The number of rotatable bonds is 0. The van der Waals surface area contributed by atoms with Crippen LogP contribution in [-0.2, 0) is 4.74 Å². The van der Waals surface area contributed by atoms with Crippen LogP contribution in [0.15, 0.2) is 0 Å². The summed E-state index contributed by atoms with van der Waals surface area (Å²) in [5, 5.41) is 4.29.